The molecule has 0 bridgehead atoms. The first-order chi connectivity index (χ1) is 11.7. The second-order valence-electron chi connectivity index (χ2n) is 7.00. The molecule has 1 amide bonds. The number of benzene rings is 1. The summed E-state index contributed by atoms with van der Waals surface area (Å²) in [5.41, 5.74) is 2.43. The van der Waals surface area contributed by atoms with Crippen LogP contribution in [0.1, 0.15) is 24.8 Å². The van der Waals surface area contributed by atoms with Crippen LogP contribution in [0.3, 0.4) is 0 Å². The maximum Gasteiger partial charge on any atom is 0.222 e. The minimum Gasteiger partial charge on any atom is -0.381 e. The van der Waals surface area contributed by atoms with E-state index in [1.807, 2.05) is 46.1 Å². The van der Waals surface area contributed by atoms with Gasteiger partial charge in [0.25, 0.3) is 0 Å². The lowest BCUT2D eigenvalue weighted by atomic mass is 9.79. The summed E-state index contributed by atoms with van der Waals surface area (Å²) in [6.45, 7) is 3.26. The molecule has 5 heteroatoms. The Hall–Kier alpha value is -2.14. The number of ether oxygens (including phenoxy) is 1. The van der Waals surface area contributed by atoms with Crippen molar-refractivity contribution in [1.29, 1.82) is 0 Å². The quantitative estimate of drug-likeness (QED) is 0.867. The molecule has 5 nitrogen and oxygen atoms in total. The van der Waals surface area contributed by atoms with Crippen molar-refractivity contribution in [3.63, 3.8) is 0 Å². The molecule has 2 saturated heterocycles. The first-order valence-corrected chi connectivity index (χ1v) is 8.69. The monoisotopic (exact) mass is 325 g/mol. The van der Waals surface area contributed by atoms with E-state index in [1.54, 1.807) is 0 Å². The zero-order valence-electron chi connectivity index (χ0n) is 13.9. The predicted molar refractivity (Wildman–Crippen MR) is 91.0 cm³/mol. The van der Waals surface area contributed by atoms with Crippen molar-refractivity contribution in [3.05, 3.63) is 48.3 Å². The number of nitrogens with zero attached hydrogens (tertiary/aromatic N) is 3. The molecule has 0 unspecified atom stereocenters. The van der Waals surface area contributed by atoms with Crippen LogP contribution < -0.4 is 0 Å². The molecule has 24 heavy (non-hydrogen) atoms. The molecule has 0 aliphatic carbocycles. The molecule has 0 N–H and O–H groups in total. The van der Waals surface area contributed by atoms with Crippen LogP contribution in [0.25, 0.3) is 5.69 Å². The summed E-state index contributed by atoms with van der Waals surface area (Å²) in [5, 5.41) is 4.43. The number of rotatable bonds is 4. The Morgan fingerprint density at radius 2 is 2.08 bits per heavy atom. The van der Waals surface area contributed by atoms with E-state index < -0.39 is 0 Å². The predicted octanol–water partition coefficient (Wildman–Crippen LogP) is 2.44. The van der Waals surface area contributed by atoms with E-state index in [0.29, 0.717) is 6.42 Å². The molecule has 0 saturated carbocycles. The zero-order valence-corrected chi connectivity index (χ0v) is 13.9. The van der Waals surface area contributed by atoms with Gasteiger partial charge in [-0.1, -0.05) is 18.2 Å². The summed E-state index contributed by atoms with van der Waals surface area (Å²) in [5.74, 6) is 0.281. The molecule has 0 radical (unpaired) electrons. The second kappa shape index (κ2) is 6.40. The highest BCUT2D eigenvalue weighted by molar-refractivity contribution is 5.77. The molecular formula is C19H23N3O2. The fourth-order valence-electron chi connectivity index (χ4n) is 3.75. The van der Waals surface area contributed by atoms with Crippen LogP contribution in [0.5, 0.6) is 0 Å². The second-order valence-corrected chi connectivity index (χ2v) is 7.00. The first kappa shape index (κ1) is 15.4. The fraction of sp³-hybridized carbons (Fsp3) is 0.474. The van der Waals surface area contributed by atoms with Crippen molar-refractivity contribution in [2.45, 2.75) is 25.7 Å². The van der Waals surface area contributed by atoms with Crippen LogP contribution in [0.4, 0.5) is 0 Å². The molecule has 3 heterocycles. The standard InChI is InChI=1S/C19H23N3O2/c23-18-6-8-19(9-11-24-15-19)14-21(18)10-7-16-12-20-22(13-16)17-4-2-1-3-5-17/h1-5,12-13H,6-11,14-15H2/t19-/m1/s1. The highest BCUT2D eigenvalue weighted by Gasteiger charge is 2.41. The fourth-order valence-corrected chi connectivity index (χ4v) is 3.75. The third kappa shape index (κ3) is 3.08. The summed E-state index contributed by atoms with van der Waals surface area (Å²) in [7, 11) is 0. The van der Waals surface area contributed by atoms with Gasteiger partial charge in [-0.15, -0.1) is 0 Å². The Balaban J connectivity index is 1.39. The van der Waals surface area contributed by atoms with Gasteiger partial charge in [0.2, 0.25) is 5.91 Å². The van der Waals surface area contributed by atoms with Gasteiger partial charge in [-0.2, -0.15) is 5.10 Å². The van der Waals surface area contributed by atoms with Gasteiger partial charge in [0.1, 0.15) is 0 Å². The van der Waals surface area contributed by atoms with Gasteiger partial charge in [0.15, 0.2) is 0 Å². The number of piperidine rings is 1. The SMILES string of the molecule is O=C1CC[C@@]2(CCOC2)CN1CCc1cnn(-c2ccccc2)c1. The summed E-state index contributed by atoms with van der Waals surface area (Å²) >= 11 is 0. The molecule has 2 aliphatic heterocycles. The Morgan fingerprint density at radius 1 is 1.21 bits per heavy atom. The normalized spacial score (nSPS) is 24.0. The third-order valence-corrected chi connectivity index (χ3v) is 5.26. The number of aromatic nitrogens is 2. The molecule has 4 rings (SSSR count). The van der Waals surface area contributed by atoms with E-state index in [0.717, 1.165) is 56.8 Å². The molecule has 126 valence electrons. The molecule has 1 aromatic heterocycles. The molecular weight excluding hydrogens is 302 g/mol. The maximum absolute atomic E-state index is 12.2. The van der Waals surface area contributed by atoms with E-state index in [9.17, 15) is 4.79 Å². The van der Waals surface area contributed by atoms with Crippen molar-refractivity contribution >= 4 is 5.91 Å². The minimum atomic E-state index is 0.210. The average Bonchev–Trinajstić information content (AvgIpc) is 3.27. The first-order valence-electron chi connectivity index (χ1n) is 8.69. The van der Waals surface area contributed by atoms with Crippen molar-refractivity contribution in [1.82, 2.24) is 14.7 Å². The molecule has 1 atom stereocenters. The van der Waals surface area contributed by atoms with E-state index in [1.165, 1.54) is 0 Å². The third-order valence-electron chi connectivity index (χ3n) is 5.26. The lowest BCUT2D eigenvalue weighted by Crippen LogP contribution is -2.47. The Labute approximate surface area is 142 Å². The van der Waals surface area contributed by atoms with Gasteiger partial charge in [-0.25, -0.2) is 4.68 Å². The van der Waals surface area contributed by atoms with Gasteiger partial charge < -0.3 is 9.64 Å². The lowest BCUT2D eigenvalue weighted by Gasteiger charge is -2.39. The number of carbonyl (C=O) groups is 1. The van der Waals surface area contributed by atoms with E-state index in [-0.39, 0.29) is 11.3 Å². The van der Waals surface area contributed by atoms with Crippen LogP contribution in [-0.2, 0) is 16.0 Å². The number of para-hydroxylation sites is 1. The van der Waals surface area contributed by atoms with Gasteiger partial charge in [0.05, 0.1) is 18.5 Å². The largest absolute Gasteiger partial charge is 0.381 e. The topological polar surface area (TPSA) is 47.4 Å². The Morgan fingerprint density at radius 3 is 2.88 bits per heavy atom. The van der Waals surface area contributed by atoms with Crippen LogP contribution in [-0.4, -0.2) is 46.9 Å². The molecule has 2 aromatic rings. The number of carbonyl (C=O) groups excluding carboxylic acids is 1. The Kier molecular flexibility index (Phi) is 4.10. The lowest BCUT2D eigenvalue weighted by molar-refractivity contribution is -0.137. The van der Waals surface area contributed by atoms with Crippen molar-refractivity contribution in [2.75, 3.05) is 26.3 Å². The summed E-state index contributed by atoms with van der Waals surface area (Å²) in [4.78, 5) is 14.3. The van der Waals surface area contributed by atoms with E-state index in [2.05, 4.69) is 11.3 Å². The number of hydrogen-bond acceptors (Lipinski definition) is 3. The molecule has 1 spiro atoms. The zero-order chi connectivity index (χ0) is 16.4. The van der Waals surface area contributed by atoms with Crippen molar-refractivity contribution in [2.24, 2.45) is 5.41 Å². The average molecular weight is 325 g/mol. The number of likely N-dealkylation sites (tertiary alicyclic amines) is 1. The number of amides is 1. The van der Waals surface area contributed by atoms with Crippen molar-refractivity contribution < 1.29 is 9.53 Å². The van der Waals surface area contributed by atoms with Crippen LogP contribution in [0, 0.1) is 5.41 Å². The van der Waals surface area contributed by atoms with Crippen LogP contribution in [0.15, 0.2) is 42.7 Å². The smallest absolute Gasteiger partial charge is 0.222 e. The van der Waals surface area contributed by atoms with Crippen LogP contribution >= 0.6 is 0 Å². The summed E-state index contributed by atoms with van der Waals surface area (Å²) in [6, 6.07) is 10.1. The minimum absolute atomic E-state index is 0.210. The summed E-state index contributed by atoms with van der Waals surface area (Å²) < 4.78 is 7.47. The molecule has 2 aliphatic rings. The molecule has 2 fully saturated rings. The van der Waals surface area contributed by atoms with Crippen molar-refractivity contribution in [3.8, 4) is 5.69 Å². The maximum atomic E-state index is 12.2. The number of hydrogen-bond donors (Lipinski definition) is 0. The highest BCUT2D eigenvalue weighted by Crippen LogP contribution is 2.38. The van der Waals surface area contributed by atoms with Gasteiger partial charge >= 0.3 is 0 Å². The summed E-state index contributed by atoms with van der Waals surface area (Å²) in [6.07, 6.45) is 7.52. The van der Waals surface area contributed by atoms with Gasteiger partial charge in [0, 0.05) is 37.7 Å². The van der Waals surface area contributed by atoms with Crippen LogP contribution in [0.2, 0.25) is 0 Å². The van der Waals surface area contributed by atoms with E-state index >= 15 is 0 Å². The Bertz CT molecular complexity index is 704. The molecule has 1 aromatic carbocycles. The van der Waals surface area contributed by atoms with E-state index in [4.69, 9.17) is 4.74 Å². The van der Waals surface area contributed by atoms with Gasteiger partial charge in [-0.05, 0) is 37.0 Å². The van der Waals surface area contributed by atoms with Gasteiger partial charge in [-0.3, -0.25) is 4.79 Å². The highest BCUT2D eigenvalue weighted by atomic mass is 16.5.